The fraction of sp³-hybridized carbons (Fsp3) is 0.417. The van der Waals surface area contributed by atoms with Crippen molar-refractivity contribution in [1.82, 2.24) is 10.0 Å². The van der Waals surface area contributed by atoms with Crippen LogP contribution in [0.5, 0.6) is 0 Å². The number of nitro groups is 1. The van der Waals surface area contributed by atoms with Crippen molar-refractivity contribution in [3.05, 3.63) is 34.4 Å². The maximum absolute atomic E-state index is 11.9. The van der Waals surface area contributed by atoms with Crippen LogP contribution in [0.4, 0.5) is 5.69 Å². The summed E-state index contributed by atoms with van der Waals surface area (Å²) in [6.07, 6.45) is 0.650. The van der Waals surface area contributed by atoms with Crippen molar-refractivity contribution in [2.45, 2.75) is 17.7 Å². The van der Waals surface area contributed by atoms with Crippen LogP contribution in [0.2, 0.25) is 0 Å². The zero-order chi connectivity index (χ0) is 16.6. The van der Waals surface area contributed by atoms with Crippen molar-refractivity contribution in [2.75, 3.05) is 19.6 Å². The SMILES string of the molecule is NCCCNC(=O)CCNS(=O)(=O)c1ccc([N+](=O)[O-])cc1. The number of nitro benzene ring substituents is 1. The fourth-order valence-corrected chi connectivity index (χ4v) is 2.58. The first-order valence-electron chi connectivity index (χ1n) is 6.57. The molecule has 0 aliphatic carbocycles. The average Bonchev–Trinajstić information content (AvgIpc) is 2.47. The zero-order valence-electron chi connectivity index (χ0n) is 11.8. The third kappa shape index (κ3) is 5.76. The maximum Gasteiger partial charge on any atom is 0.269 e. The Bertz CT molecular complexity index is 615. The summed E-state index contributed by atoms with van der Waals surface area (Å²) in [5.41, 5.74) is 5.08. The van der Waals surface area contributed by atoms with E-state index in [-0.39, 0.29) is 29.5 Å². The Kier molecular flexibility index (Phi) is 6.89. The van der Waals surface area contributed by atoms with E-state index in [2.05, 4.69) is 10.0 Å². The maximum atomic E-state index is 11.9. The second-order valence-electron chi connectivity index (χ2n) is 4.39. The van der Waals surface area contributed by atoms with Gasteiger partial charge in [-0.3, -0.25) is 14.9 Å². The molecule has 122 valence electrons. The van der Waals surface area contributed by atoms with E-state index in [9.17, 15) is 23.3 Å². The molecule has 1 aromatic rings. The molecular weight excluding hydrogens is 312 g/mol. The predicted molar refractivity (Wildman–Crippen MR) is 79.6 cm³/mol. The van der Waals surface area contributed by atoms with E-state index in [1.807, 2.05) is 0 Å². The number of hydrogen-bond donors (Lipinski definition) is 3. The van der Waals surface area contributed by atoms with Crippen LogP contribution in [-0.2, 0) is 14.8 Å². The molecular formula is C12H18N4O5S. The molecule has 10 heteroatoms. The molecule has 0 aliphatic rings. The Morgan fingerprint density at radius 1 is 1.23 bits per heavy atom. The second-order valence-corrected chi connectivity index (χ2v) is 6.16. The summed E-state index contributed by atoms with van der Waals surface area (Å²) in [6, 6.07) is 4.49. The van der Waals surface area contributed by atoms with Crippen molar-refractivity contribution < 1.29 is 18.1 Å². The molecule has 0 aromatic heterocycles. The lowest BCUT2D eigenvalue weighted by Gasteiger charge is -2.07. The molecule has 4 N–H and O–H groups in total. The number of benzene rings is 1. The largest absolute Gasteiger partial charge is 0.356 e. The van der Waals surface area contributed by atoms with Crippen LogP contribution in [0.3, 0.4) is 0 Å². The van der Waals surface area contributed by atoms with Crippen LogP contribution in [-0.4, -0.2) is 38.9 Å². The van der Waals surface area contributed by atoms with Crippen LogP contribution in [0, 0.1) is 10.1 Å². The van der Waals surface area contributed by atoms with Gasteiger partial charge in [0.15, 0.2) is 0 Å². The van der Waals surface area contributed by atoms with Crippen molar-refractivity contribution >= 4 is 21.6 Å². The molecule has 1 aromatic carbocycles. The van der Waals surface area contributed by atoms with Gasteiger partial charge >= 0.3 is 0 Å². The van der Waals surface area contributed by atoms with Gasteiger partial charge in [0.05, 0.1) is 9.82 Å². The summed E-state index contributed by atoms with van der Waals surface area (Å²) in [6.45, 7) is 0.852. The highest BCUT2D eigenvalue weighted by atomic mass is 32.2. The highest BCUT2D eigenvalue weighted by Gasteiger charge is 2.15. The molecule has 0 saturated carbocycles. The van der Waals surface area contributed by atoms with Crippen molar-refractivity contribution in [2.24, 2.45) is 5.73 Å². The van der Waals surface area contributed by atoms with Gasteiger partial charge in [0.2, 0.25) is 15.9 Å². The molecule has 0 radical (unpaired) electrons. The molecule has 0 fully saturated rings. The summed E-state index contributed by atoms with van der Waals surface area (Å²) in [4.78, 5) is 21.2. The van der Waals surface area contributed by atoms with Gasteiger partial charge in [0.1, 0.15) is 0 Å². The summed E-state index contributed by atoms with van der Waals surface area (Å²) < 4.78 is 26.1. The minimum Gasteiger partial charge on any atom is -0.356 e. The van der Waals surface area contributed by atoms with Gasteiger partial charge in [-0.25, -0.2) is 13.1 Å². The molecule has 0 bridgehead atoms. The minimum absolute atomic E-state index is 0.00319. The van der Waals surface area contributed by atoms with Crippen molar-refractivity contribution in [3.8, 4) is 0 Å². The van der Waals surface area contributed by atoms with E-state index in [1.54, 1.807) is 0 Å². The Hall–Kier alpha value is -2.04. The van der Waals surface area contributed by atoms with Gasteiger partial charge < -0.3 is 11.1 Å². The quantitative estimate of drug-likeness (QED) is 0.323. The first-order chi connectivity index (χ1) is 10.4. The van der Waals surface area contributed by atoms with Gasteiger partial charge in [0, 0.05) is 31.6 Å². The van der Waals surface area contributed by atoms with Crippen molar-refractivity contribution in [1.29, 1.82) is 0 Å². The van der Waals surface area contributed by atoms with Crippen LogP contribution in [0.25, 0.3) is 0 Å². The molecule has 9 nitrogen and oxygen atoms in total. The normalized spacial score (nSPS) is 11.1. The van der Waals surface area contributed by atoms with E-state index >= 15 is 0 Å². The Morgan fingerprint density at radius 3 is 2.41 bits per heavy atom. The monoisotopic (exact) mass is 330 g/mol. The number of nitrogens with zero attached hydrogens (tertiary/aromatic N) is 1. The molecule has 0 atom stereocenters. The number of carbonyl (C=O) groups is 1. The number of amides is 1. The topological polar surface area (TPSA) is 144 Å². The van der Waals surface area contributed by atoms with E-state index in [1.165, 1.54) is 0 Å². The molecule has 0 spiro atoms. The fourth-order valence-electron chi connectivity index (χ4n) is 1.55. The van der Waals surface area contributed by atoms with E-state index in [4.69, 9.17) is 5.73 Å². The lowest BCUT2D eigenvalue weighted by atomic mass is 10.3. The van der Waals surface area contributed by atoms with E-state index < -0.39 is 14.9 Å². The summed E-state index contributed by atoms with van der Waals surface area (Å²) in [5, 5.41) is 13.1. The summed E-state index contributed by atoms with van der Waals surface area (Å²) in [7, 11) is -3.80. The first kappa shape index (κ1) is 18.0. The first-order valence-corrected chi connectivity index (χ1v) is 8.06. The Labute approximate surface area is 128 Å². The lowest BCUT2D eigenvalue weighted by molar-refractivity contribution is -0.384. The van der Waals surface area contributed by atoms with Gasteiger partial charge in [-0.05, 0) is 25.1 Å². The number of nitrogens with two attached hydrogens (primary N) is 1. The smallest absolute Gasteiger partial charge is 0.269 e. The molecule has 1 amide bonds. The zero-order valence-corrected chi connectivity index (χ0v) is 12.6. The number of sulfonamides is 1. The molecule has 0 saturated heterocycles. The molecule has 0 unspecified atom stereocenters. The van der Waals surface area contributed by atoms with Gasteiger partial charge in [0.25, 0.3) is 5.69 Å². The van der Waals surface area contributed by atoms with Crippen LogP contribution in [0.15, 0.2) is 29.2 Å². The third-order valence-electron chi connectivity index (χ3n) is 2.71. The molecule has 1 rings (SSSR count). The van der Waals surface area contributed by atoms with Crippen molar-refractivity contribution in [3.63, 3.8) is 0 Å². The van der Waals surface area contributed by atoms with Crippen LogP contribution in [0.1, 0.15) is 12.8 Å². The van der Waals surface area contributed by atoms with Gasteiger partial charge in [-0.2, -0.15) is 0 Å². The third-order valence-corrected chi connectivity index (χ3v) is 4.18. The van der Waals surface area contributed by atoms with E-state index in [0.29, 0.717) is 19.5 Å². The number of nitrogens with one attached hydrogen (secondary N) is 2. The Balaban J connectivity index is 2.50. The minimum atomic E-state index is -3.80. The molecule has 0 heterocycles. The summed E-state index contributed by atoms with van der Waals surface area (Å²) in [5.74, 6) is -0.278. The number of rotatable bonds is 9. The highest BCUT2D eigenvalue weighted by Crippen LogP contribution is 2.15. The average molecular weight is 330 g/mol. The van der Waals surface area contributed by atoms with Gasteiger partial charge in [-0.15, -0.1) is 0 Å². The highest BCUT2D eigenvalue weighted by molar-refractivity contribution is 7.89. The summed E-state index contributed by atoms with van der Waals surface area (Å²) >= 11 is 0. The Morgan fingerprint density at radius 2 is 1.86 bits per heavy atom. The second kappa shape index (κ2) is 8.41. The lowest BCUT2D eigenvalue weighted by Crippen LogP contribution is -2.31. The van der Waals surface area contributed by atoms with Gasteiger partial charge in [-0.1, -0.05) is 0 Å². The standard InChI is InChI=1S/C12H18N4O5S/c13-7-1-8-14-12(17)6-9-15-22(20,21)11-4-2-10(3-5-11)16(18)19/h2-5,15H,1,6-9,13H2,(H,14,17). The van der Waals surface area contributed by atoms with E-state index in [0.717, 1.165) is 24.3 Å². The molecule has 22 heavy (non-hydrogen) atoms. The predicted octanol–water partition coefficient (Wildman–Crippen LogP) is -0.272. The molecule has 0 aliphatic heterocycles. The number of hydrogen-bond acceptors (Lipinski definition) is 6. The van der Waals surface area contributed by atoms with Crippen LogP contribution >= 0.6 is 0 Å². The number of carbonyl (C=O) groups excluding carboxylic acids is 1. The number of non-ortho nitro benzene ring substituents is 1. The van der Waals surface area contributed by atoms with Crippen LogP contribution < -0.4 is 15.8 Å².